The third-order valence-electron chi connectivity index (χ3n) is 4.98. The molecule has 1 fully saturated rings. The molecule has 1 saturated heterocycles. The average Bonchev–Trinajstić information content (AvgIpc) is 2.75. The average molecular weight is 426 g/mol. The summed E-state index contributed by atoms with van der Waals surface area (Å²) in [7, 11) is 0. The summed E-state index contributed by atoms with van der Waals surface area (Å²) >= 11 is 1.48. The van der Waals surface area contributed by atoms with Crippen molar-refractivity contribution in [1.82, 2.24) is 4.90 Å². The van der Waals surface area contributed by atoms with Crippen molar-refractivity contribution >= 4 is 40.9 Å². The van der Waals surface area contributed by atoms with Crippen molar-refractivity contribution in [3.63, 3.8) is 0 Å². The van der Waals surface area contributed by atoms with E-state index in [1.165, 1.54) is 18.7 Å². The van der Waals surface area contributed by atoms with Crippen LogP contribution in [0.15, 0.2) is 59.5 Å². The van der Waals surface area contributed by atoms with Crippen molar-refractivity contribution < 1.29 is 14.4 Å². The molecule has 3 amide bonds. The van der Waals surface area contributed by atoms with Crippen LogP contribution in [-0.2, 0) is 14.4 Å². The molecule has 2 aromatic rings. The fourth-order valence-corrected chi connectivity index (χ4v) is 4.44. The first kappa shape index (κ1) is 21.9. The van der Waals surface area contributed by atoms with Crippen molar-refractivity contribution in [3.05, 3.63) is 54.6 Å². The number of likely N-dealkylation sites (tertiary alicyclic amines) is 1. The number of hydrogen-bond acceptors (Lipinski definition) is 4. The molecule has 0 spiro atoms. The van der Waals surface area contributed by atoms with Gasteiger partial charge < -0.3 is 15.5 Å². The predicted octanol–water partition coefficient (Wildman–Crippen LogP) is 4.00. The number of carbonyl (C=O) groups is 3. The fourth-order valence-electron chi connectivity index (χ4n) is 3.49. The minimum atomic E-state index is -0.257. The van der Waals surface area contributed by atoms with Crippen molar-refractivity contribution in [1.29, 1.82) is 0 Å². The van der Waals surface area contributed by atoms with Crippen LogP contribution in [0.3, 0.4) is 0 Å². The third-order valence-corrected chi connectivity index (χ3v) is 6.08. The zero-order valence-electron chi connectivity index (χ0n) is 17.3. The Morgan fingerprint density at radius 3 is 2.33 bits per heavy atom. The lowest BCUT2D eigenvalue weighted by Gasteiger charge is -2.33. The summed E-state index contributed by atoms with van der Waals surface area (Å²) in [6.45, 7) is 4.49. The lowest BCUT2D eigenvalue weighted by atomic mass is 9.96. The number of piperidine rings is 1. The molecule has 1 aliphatic heterocycles. The van der Waals surface area contributed by atoms with E-state index in [9.17, 15) is 14.4 Å². The summed E-state index contributed by atoms with van der Waals surface area (Å²) in [5, 5.41) is 5.42. The topological polar surface area (TPSA) is 78.5 Å². The number of nitrogens with zero attached hydrogens (tertiary/aromatic N) is 1. The second kappa shape index (κ2) is 10.3. The number of thioether (sulfide) groups is 1. The van der Waals surface area contributed by atoms with E-state index in [0.29, 0.717) is 13.1 Å². The number of benzene rings is 2. The second-order valence-corrected chi connectivity index (χ2v) is 8.86. The maximum absolute atomic E-state index is 13.0. The van der Waals surface area contributed by atoms with Gasteiger partial charge in [0.2, 0.25) is 17.7 Å². The van der Waals surface area contributed by atoms with Crippen molar-refractivity contribution in [2.75, 3.05) is 23.7 Å². The van der Waals surface area contributed by atoms with E-state index in [4.69, 9.17) is 0 Å². The number of para-hydroxylation sites is 1. The van der Waals surface area contributed by atoms with Gasteiger partial charge in [0.25, 0.3) is 0 Å². The molecule has 2 aromatic carbocycles. The first-order valence-electron chi connectivity index (χ1n) is 10.1. The molecule has 3 rings (SSSR count). The van der Waals surface area contributed by atoms with Crippen LogP contribution in [-0.4, -0.2) is 41.0 Å². The van der Waals surface area contributed by atoms with Gasteiger partial charge in [-0.1, -0.05) is 18.2 Å². The largest absolute Gasteiger partial charge is 0.341 e. The van der Waals surface area contributed by atoms with Crippen LogP contribution in [0.2, 0.25) is 0 Å². The Morgan fingerprint density at radius 1 is 1.00 bits per heavy atom. The quantitative estimate of drug-likeness (QED) is 0.686. The highest BCUT2D eigenvalue weighted by molar-refractivity contribution is 8.00. The molecule has 2 unspecified atom stereocenters. The summed E-state index contributed by atoms with van der Waals surface area (Å²) in [5.41, 5.74) is 1.51. The highest BCUT2D eigenvalue weighted by Crippen LogP contribution is 2.28. The first-order valence-corrected chi connectivity index (χ1v) is 11.0. The predicted molar refractivity (Wildman–Crippen MR) is 120 cm³/mol. The van der Waals surface area contributed by atoms with E-state index >= 15 is 0 Å². The number of nitrogens with one attached hydrogen (secondary N) is 2. The maximum Gasteiger partial charge on any atom is 0.235 e. The zero-order valence-corrected chi connectivity index (χ0v) is 18.1. The molecule has 1 aliphatic rings. The summed E-state index contributed by atoms with van der Waals surface area (Å²) in [6.07, 6.45) is 1.61. The van der Waals surface area contributed by atoms with Gasteiger partial charge in [-0.05, 0) is 56.2 Å². The van der Waals surface area contributed by atoms with Crippen LogP contribution < -0.4 is 10.6 Å². The molecule has 6 nitrogen and oxygen atoms in total. The molecule has 1 heterocycles. The van der Waals surface area contributed by atoms with Crippen LogP contribution >= 0.6 is 11.8 Å². The van der Waals surface area contributed by atoms with Crippen LogP contribution in [0.4, 0.5) is 11.4 Å². The molecule has 0 aliphatic carbocycles. The highest BCUT2D eigenvalue weighted by Gasteiger charge is 2.30. The fraction of sp³-hybridized carbons (Fsp3) is 0.348. The molecule has 30 heavy (non-hydrogen) atoms. The smallest absolute Gasteiger partial charge is 0.235 e. The van der Waals surface area contributed by atoms with Crippen molar-refractivity contribution in [2.45, 2.75) is 36.8 Å². The third kappa shape index (κ3) is 6.10. The monoisotopic (exact) mass is 425 g/mol. The molecule has 158 valence electrons. The van der Waals surface area contributed by atoms with Gasteiger partial charge in [0.1, 0.15) is 0 Å². The van der Waals surface area contributed by atoms with E-state index < -0.39 is 0 Å². The van der Waals surface area contributed by atoms with E-state index in [0.717, 1.165) is 29.1 Å². The molecule has 0 aromatic heterocycles. The number of amides is 3. The summed E-state index contributed by atoms with van der Waals surface area (Å²) in [5.74, 6) is -0.303. The lowest BCUT2D eigenvalue weighted by Crippen LogP contribution is -2.46. The molecule has 7 heteroatoms. The number of rotatable bonds is 6. The van der Waals surface area contributed by atoms with Crippen LogP contribution in [0, 0.1) is 5.92 Å². The van der Waals surface area contributed by atoms with Gasteiger partial charge in [0, 0.05) is 36.3 Å². The normalized spacial score (nSPS) is 17.1. The van der Waals surface area contributed by atoms with Crippen LogP contribution in [0.1, 0.15) is 26.7 Å². The number of anilines is 2. The Kier molecular flexibility index (Phi) is 7.52. The van der Waals surface area contributed by atoms with Crippen LogP contribution in [0.5, 0.6) is 0 Å². The van der Waals surface area contributed by atoms with Gasteiger partial charge >= 0.3 is 0 Å². The Labute approximate surface area is 181 Å². The Balaban J connectivity index is 1.54. The number of carbonyl (C=O) groups excluding carboxylic acids is 3. The number of hydrogen-bond donors (Lipinski definition) is 2. The zero-order chi connectivity index (χ0) is 21.5. The lowest BCUT2D eigenvalue weighted by molar-refractivity contribution is -0.133. The van der Waals surface area contributed by atoms with Gasteiger partial charge in [-0.2, -0.15) is 0 Å². The minimum absolute atomic E-state index is 0.0347. The minimum Gasteiger partial charge on any atom is -0.341 e. The van der Waals surface area contributed by atoms with Crippen LogP contribution in [0.25, 0.3) is 0 Å². The summed E-state index contributed by atoms with van der Waals surface area (Å²) in [6, 6.07) is 16.8. The standard InChI is InChI=1S/C23H27N3O3S/c1-16(30-21-12-10-20(11-13-21)24-17(2)27)23(29)26-14-6-7-18(15-26)22(28)25-19-8-4-3-5-9-19/h3-5,8-13,16,18H,6-7,14-15H2,1-2H3,(H,24,27)(H,25,28). The Morgan fingerprint density at radius 2 is 1.67 bits per heavy atom. The first-order chi connectivity index (χ1) is 14.4. The SMILES string of the molecule is CC(=O)Nc1ccc(SC(C)C(=O)N2CCCC(C(=O)Nc3ccccc3)C2)cc1. The molecular weight excluding hydrogens is 398 g/mol. The molecule has 0 bridgehead atoms. The molecule has 2 atom stereocenters. The van der Waals surface area contributed by atoms with Crippen molar-refractivity contribution in [3.8, 4) is 0 Å². The van der Waals surface area contributed by atoms with Gasteiger partial charge in [0.05, 0.1) is 11.2 Å². The summed E-state index contributed by atoms with van der Waals surface area (Å²) in [4.78, 5) is 39.5. The maximum atomic E-state index is 13.0. The van der Waals surface area contributed by atoms with E-state index in [-0.39, 0.29) is 28.9 Å². The Hall–Kier alpha value is -2.80. The second-order valence-electron chi connectivity index (χ2n) is 7.44. The van der Waals surface area contributed by atoms with E-state index in [2.05, 4.69) is 10.6 Å². The molecule has 0 saturated carbocycles. The molecule has 2 N–H and O–H groups in total. The van der Waals surface area contributed by atoms with Gasteiger partial charge in [-0.15, -0.1) is 11.8 Å². The van der Waals surface area contributed by atoms with Gasteiger partial charge in [-0.25, -0.2) is 0 Å². The van der Waals surface area contributed by atoms with E-state index in [1.807, 2.05) is 66.4 Å². The van der Waals surface area contributed by atoms with E-state index in [1.54, 1.807) is 0 Å². The van der Waals surface area contributed by atoms with Gasteiger partial charge in [0.15, 0.2) is 0 Å². The molecule has 0 radical (unpaired) electrons. The summed E-state index contributed by atoms with van der Waals surface area (Å²) < 4.78 is 0. The highest BCUT2D eigenvalue weighted by atomic mass is 32.2. The van der Waals surface area contributed by atoms with Crippen molar-refractivity contribution in [2.24, 2.45) is 5.92 Å². The Bertz CT molecular complexity index is 886. The molecular formula is C23H27N3O3S. The van der Waals surface area contributed by atoms with Gasteiger partial charge in [-0.3, -0.25) is 14.4 Å².